The quantitative estimate of drug-likeness (QED) is 0.919. The number of carbonyl (C=O) groups excluding carboxylic acids is 1. The fraction of sp³-hybridized carbons (Fsp3) is 0.611. The van der Waals surface area contributed by atoms with Gasteiger partial charge in [0, 0.05) is 25.0 Å². The second kappa shape index (κ2) is 7.30. The van der Waals surface area contributed by atoms with Crippen LogP contribution in [-0.4, -0.2) is 49.9 Å². The SMILES string of the molecule is COc1ccc([C@H]2CCN(C(=O)OC(C)(C)C)C[C@@H]2N)cc1OC. The van der Waals surface area contributed by atoms with Crippen LogP contribution >= 0.6 is 0 Å². The molecule has 1 aliphatic heterocycles. The summed E-state index contributed by atoms with van der Waals surface area (Å²) in [7, 11) is 3.23. The first-order valence-corrected chi connectivity index (χ1v) is 8.20. The third-order valence-electron chi connectivity index (χ3n) is 4.15. The smallest absolute Gasteiger partial charge is 0.410 e. The van der Waals surface area contributed by atoms with Gasteiger partial charge in [-0.1, -0.05) is 6.07 Å². The molecular weight excluding hydrogens is 308 g/mol. The summed E-state index contributed by atoms with van der Waals surface area (Å²) >= 11 is 0. The fourth-order valence-electron chi connectivity index (χ4n) is 2.97. The molecule has 0 aromatic heterocycles. The van der Waals surface area contributed by atoms with Gasteiger partial charge in [-0.2, -0.15) is 0 Å². The Kier molecular flexibility index (Phi) is 5.59. The Morgan fingerprint density at radius 1 is 1.21 bits per heavy atom. The van der Waals surface area contributed by atoms with E-state index in [1.165, 1.54) is 0 Å². The van der Waals surface area contributed by atoms with Crippen LogP contribution in [0.2, 0.25) is 0 Å². The van der Waals surface area contributed by atoms with Crippen molar-refractivity contribution in [1.29, 1.82) is 0 Å². The number of amides is 1. The van der Waals surface area contributed by atoms with Crippen LogP contribution in [0.25, 0.3) is 0 Å². The van der Waals surface area contributed by atoms with Crippen LogP contribution in [0.1, 0.15) is 38.7 Å². The highest BCUT2D eigenvalue weighted by Crippen LogP contribution is 2.34. The highest BCUT2D eigenvalue weighted by molar-refractivity contribution is 5.68. The number of carbonyl (C=O) groups is 1. The molecule has 2 atom stereocenters. The molecule has 2 rings (SSSR count). The van der Waals surface area contributed by atoms with Crippen LogP contribution in [0, 0.1) is 0 Å². The molecule has 6 heteroatoms. The maximum absolute atomic E-state index is 12.2. The molecule has 0 radical (unpaired) electrons. The summed E-state index contributed by atoms with van der Waals surface area (Å²) in [6.45, 7) is 6.69. The van der Waals surface area contributed by atoms with Crippen LogP contribution in [0.5, 0.6) is 11.5 Å². The molecule has 0 saturated carbocycles. The number of nitrogens with two attached hydrogens (primary N) is 1. The van der Waals surface area contributed by atoms with Gasteiger partial charge in [0.2, 0.25) is 0 Å². The van der Waals surface area contributed by atoms with Gasteiger partial charge in [0.25, 0.3) is 0 Å². The van der Waals surface area contributed by atoms with E-state index >= 15 is 0 Å². The average molecular weight is 336 g/mol. The van der Waals surface area contributed by atoms with Crippen LogP contribution in [0.15, 0.2) is 18.2 Å². The highest BCUT2D eigenvalue weighted by Gasteiger charge is 2.32. The van der Waals surface area contributed by atoms with Crippen molar-refractivity contribution in [2.45, 2.75) is 44.8 Å². The zero-order valence-electron chi connectivity index (χ0n) is 15.2. The van der Waals surface area contributed by atoms with Gasteiger partial charge in [-0.3, -0.25) is 0 Å². The average Bonchev–Trinajstić information content (AvgIpc) is 2.52. The van der Waals surface area contributed by atoms with Crippen LogP contribution in [0.4, 0.5) is 4.79 Å². The standard InChI is InChI=1S/C18H28N2O4/c1-18(2,3)24-17(21)20-9-8-13(14(19)11-20)12-6-7-15(22-4)16(10-12)23-5/h6-7,10,13-14H,8-9,11,19H2,1-5H3/t13-,14+/m1/s1. The molecule has 0 unspecified atom stereocenters. The minimum Gasteiger partial charge on any atom is -0.493 e. The zero-order chi connectivity index (χ0) is 17.9. The van der Waals surface area contributed by atoms with Crippen molar-refractivity contribution in [3.05, 3.63) is 23.8 Å². The fourth-order valence-corrected chi connectivity index (χ4v) is 2.97. The Morgan fingerprint density at radius 3 is 2.42 bits per heavy atom. The summed E-state index contributed by atoms with van der Waals surface area (Å²) < 4.78 is 16.1. The summed E-state index contributed by atoms with van der Waals surface area (Å²) in [5, 5.41) is 0. The number of likely N-dealkylation sites (tertiary alicyclic amines) is 1. The van der Waals surface area contributed by atoms with Gasteiger partial charge in [0.1, 0.15) is 5.60 Å². The third-order valence-corrected chi connectivity index (χ3v) is 4.15. The number of methoxy groups -OCH3 is 2. The molecule has 6 nitrogen and oxygen atoms in total. The first-order chi connectivity index (χ1) is 11.2. The molecule has 1 fully saturated rings. The van der Waals surface area contributed by atoms with Gasteiger partial charge in [0.05, 0.1) is 14.2 Å². The lowest BCUT2D eigenvalue weighted by atomic mass is 9.85. The van der Waals surface area contributed by atoms with E-state index in [0.717, 1.165) is 12.0 Å². The summed E-state index contributed by atoms with van der Waals surface area (Å²) in [5.74, 6) is 1.56. The Balaban J connectivity index is 2.07. The van der Waals surface area contributed by atoms with Gasteiger partial charge < -0.3 is 24.8 Å². The lowest BCUT2D eigenvalue weighted by Gasteiger charge is -2.37. The molecule has 1 saturated heterocycles. The summed E-state index contributed by atoms with van der Waals surface area (Å²) in [6.07, 6.45) is 0.485. The molecule has 0 spiro atoms. The number of hydrogen-bond acceptors (Lipinski definition) is 5. The predicted molar refractivity (Wildman–Crippen MR) is 92.7 cm³/mol. The Bertz CT molecular complexity index is 583. The summed E-state index contributed by atoms with van der Waals surface area (Å²) in [5.41, 5.74) is 6.95. The van der Waals surface area contributed by atoms with Gasteiger partial charge in [-0.15, -0.1) is 0 Å². The molecular formula is C18H28N2O4. The van der Waals surface area contributed by atoms with Crippen LogP contribution < -0.4 is 15.2 Å². The Morgan fingerprint density at radius 2 is 1.88 bits per heavy atom. The molecule has 1 amide bonds. The van der Waals surface area contributed by atoms with E-state index in [9.17, 15) is 4.79 Å². The van der Waals surface area contributed by atoms with Crippen molar-refractivity contribution in [1.82, 2.24) is 4.90 Å². The number of nitrogens with zero attached hydrogens (tertiary/aromatic N) is 1. The second-order valence-corrected chi connectivity index (χ2v) is 7.10. The molecule has 134 valence electrons. The molecule has 1 aromatic carbocycles. The van der Waals surface area contributed by atoms with E-state index < -0.39 is 5.60 Å². The minimum absolute atomic E-state index is 0.149. The highest BCUT2D eigenvalue weighted by atomic mass is 16.6. The van der Waals surface area contributed by atoms with Crippen molar-refractivity contribution in [3.63, 3.8) is 0 Å². The van der Waals surface area contributed by atoms with Crippen molar-refractivity contribution in [3.8, 4) is 11.5 Å². The maximum atomic E-state index is 12.2. The van der Waals surface area contributed by atoms with Gasteiger partial charge >= 0.3 is 6.09 Å². The van der Waals surface area contributed by atoms with E-state index in [1.54, 1.807) is 19.1 Å². The molecule has 2 N–H and O–H groups in total. The van der Waals surface area contributed by atoms with E-state index in [2.05, 4.69) is 0 Å². The molecule has 1 heterocycles. The lowest BCUT2D eigenvalue weighted by Crippen LogP contribution is -2.50. The largest absolute Gasteiger partial charge is 0.493 e. The predicted octanol–water partition coefficient (Wildman–Crippen LogP) is 2.76. The van der Waals surface area contributed by atoms with E-state index in [1.807, 2.05) is 39.0 Å². The molecule has 24 heavy (non-hydrogen) atoms. The van der Waals surface area contributed by atoms with Gasteiger partial charge in [-0.25, -0.2) is 4.79 Å². The van der Waals surface area contributed by atoms with E-state index in [4.69, 9.17) is 19.9 Å². The number of hydrogen-bond donors (Lipinski definition) is 1. The van der Waals surface area contributed by atoms with Crippen molar-refractivity contribution in [2.75, 3.05) is 27.3 Å². The molecule has 1 aliphatic rings. The molecule has 0 aliphatic carbocycles. The van der Waals surface area contributed by atoms with E-state index in [0.29, 0.717) is 24.6 Å². The van der Waals surface area contributed by atoms with Crippen molar-refractivity contribution < 1.29 is 19.0 Å². The molecule has 1 aromatic rings. The topological polar surface area (TPSA) is 74.0 Å². The first kappa shape index (κ1) is 18.4. The first-order valence-electron chi connectivity index (χ1n) is 8.20. The van der Waals surface area contributed by atoms with E-state index in [-0.39, 0.29) is 18.1 Å². The normalized spacial score (nSPS) is 21.3. The number of benzene rings is 1. The number of rotatable bonds is 3. The van der Waals surface area contributed by atoms with Gasteiger partial charge in [0.15, 0.2) is 11.5 Å². The van der Waals surface area contributed by atoms with Gasteiger partial charge in [-0.05, 0) is 44.9 Å². The Labute approximate surface area is 143 Å². The minimum atomic E-state index is -0.499. The summed E-state index contributed by atoms with van der Waals surface area (Å²) in [6, 6.07) is 5.71. The monoisotopic (exact) mass is 336 g/mol. The maximum Gasteiger partial charge on any atom is 0.410 e. The molecule has 0 bridgehead atoms. The van der Waals surface area contributed by atoms with Crippen LogP contribution in [0.3, 0.4) is 0 Å². The van der Waals surface area contributed by atoms with Crippen molar-refractivity contribution in [2.24, 2.45) is 5.73 Å². The number of piperidine rings is 1. The summed E-state index contributed by atoms with van der Waals surface area (Å²) in [4.78, 5) is 13.9. The lowest BCUT2D eigenvalue weighted by molar-refractivity contribution is 0.0186. The Hall–Kier alpha value is -1.95. The number of ether oxygens (including phenoxy) is 3. The van der Waals surface area contributed by atoms with Crippen LogP contribution in [-0.2, 0) is 4.74 Å². The second-order valence-electron chi connectivity index (χ2n) is 7.10. The van der Waals surface area contributed by atoms with Crippen molar-refractivity contribution >= 4 is 6.09 Å². The third kappa shape index (κ3) is 4.32. The zero-order valence-corrected chi connectivity index (χ0v) is 15.2.